The molecule has 36 heavy (non-hydrogen) atoms. The van der Waals surface area contributed by atoms with Gasteiger partial charge in [-0.15, -0.1) is 0 Å². The summed E-state index contributed by atoms with van der Waals surface area (Å²) in [5.41, 5.74) is 5.59. The van der Waals surface area contributed by atoms with E-state index in [0.29, 0.717) is 30.9 Å². The molecule has 0 aliphatic carbocycles. The quantitative estimate of drug-likeness (QED) is 0.526. The van der Waals surface area contributed by atoms with Crippen molar-refractivity contribution in [1.29, 1.82) is 0 Å². The fourth-order valence-electron chi connectivity index (χ4n) is 5.19. The first-order chi connectivity index (χ1) is 17.1. The minimum atomic E-state index is -0.521. The molecule has 2 heterocycles. The zero-order valence-electron chi connectivity index (χ0n) is 22.1. The number of nitrogens with one attached hydrogen (secondary N) is 1. The number of amides is 3. The molecule has 0 unspecified atom stereocenters. The van der Waals surface area contributed by atoms with Crippen LogP contribution in [-0.4, -0.2) is 73.1 Å². The van der Waals surface area contributed by atoms with Gasteiger partial charge in [-0.2, -0.15) is 0 Å². The van der Waals surface area contributed by atoms with E-state index in [9.17, 15) is 14.4 Å². The van der Waals surface area contributed by atoms with Crippen LogP contribution in [0.25, 0.3) is 0 Å². The Bertz CT molecular complexity index is 908. The van der Waals surface area contributed by atoms with Crippen LogP contribution >= 0.6 is 0 Å². The average molecular weight is 503 g/mol. The summed E-state index contributed by atoms with van der Waals surface area (Å²) in [5.74, 6) is 0.496. The molecule has 2 aliphatic rings. The molecule has 0 radical (unpaired) electrons. The van der Waals surface area contributed by atoms with Crippen LogP contribution in [0.15, 0.2) is 24.3 Å². The lowest BCUT2D eigenvalue weighted by Crippen LogP contribution is -2.47. The smallest absolute Gasteiger partial charge is 0.321 e. The summed E-state index contributed by atoms with van der Waals surface area (Å²) < 4.78 is 11.0. The summed E-state index contributed by atoms with van der Waals surface area (Å²) in [7, 11) is 1.58. The summed E-state index contributed by atoms with van der Waals surface area (Å²) in [6, 6.07) is 7.18. The Morgan fingerprint density at radius 3 is 2.39 bits per heavy atom. The lowest BCUT2D eigenvalue weighted by Gasteiger charge is -2.40. The van der Waals surface area contributed by atoms with Gasteiger partial charge in [-0.05, 0) is 90.1 Å². The largest absolute Gasteiger partial charge is 0.495 e. The summed E-state index contributed by atoms with van der Waals surface area (Å²) >= 11 is 0. The van der Waals surface area contributed by atoms with Crippen molar-refractivity contribution in [3.05, 3.63) is 24.3 Å². The lowest BCUT2D eigenvalue weighted by atomic mass is 9.81. The van der Waals surface area contributed by atoms with E-state index in [0.717, 1.165) is 45.3 Å². The second kappa shape index (κ2) is 12.4. The van der Waals surface area contributed by atoms with Crippen molar-refractivity contribution in [1.82, 2.24) is 9.80 Å². The maximum Gasteiger partial charge on any atom is 0.321 e. The van der Waals surface area contributed by atoms with Crippen LogP contribution in [0.2, 0.25) is 0 Å². The Morgan fingerprint density at radius 2 is 1.75 bits per heavy atom. The highest BCUT2D eigenvalue weighted by molar-refractivity contribution is 5.91. The van der Waals surface area contributed by atoms with E-state index in [2.05, 4.69) is 10.2 Å². The van der Waals surface area contributed by atoms with Gasteiger partial charge >= 0.3 is 12.0 Å². The van der Waals surface area contributed by atoms with Crippen LogP contribution < -0.4 is 15.8 Å². The minimum absolute atomic E-state index is 0.0370. The van der Waals surface area contributed by atoms with Gasteiger partial charge in [0, 0.05) is 25.4 Å². The summed E-state index contributed by atoms with van der Waals surface area (Å²) in [4.78, 5) is 41.4. The molecule has 3 rings (SSSR count). The van der Waals surface area contributed by atoms with Gasteiger partial charge in [0.2, 0.25) is 5.91 Å². The fourth-order valence-corrected chi connectivity index (χ4v) is 5.19. The number of hydrogen-bond donors (Lipinski definition) is 2. The molecule has 200 valence electrons. The van der Waals surface area contributed by atoms with Gasteiger partial charge in [0.25, 0.3) is 0 Å². The average Bonchev–Trinajstić information content (AvgIpc) is 2.82. The molecule has 0 saturated carbocycles. The molecule has 0 aromatic heterocycles. The first-order valence-electron chi connectivity index (χ1n) is 13.0. The Balaban J connectivity index is 1.63. The number of rotatable bonds is 8. The van der Waals surface area contributed by atoms with E-state index < -0.39 is 5.60 Å². The first-order valence-corrected chi connectivity index (χ1v) is 13.0. The first kappa shape index (κ1) is 27.8. The number of nitrogens with two attached hydrogens (primary N) is 1. The molecule has 2 atom stereocenters. The van der Waals surface area contributed by atoms with Crippen molar-refractivity contribution >= 4 is 23.6 Å². The molecular formula is C27H42N4O5. The lowest BCUT2D eigenvalue weighted by molar-refractivity contribution is -0.156. The number of anilines is 1. The van der Waals surface area contributed by atoms with Crippen LogP contribution in [0.3, 0.4) is 0 Å². The summed E-state index contributed by atoms with van der Waals surface area (Å²) in [6.45, 7) is 9.34. The van der Waals surface area contributed by atoms with Crippen LogP contribution in [0.5, 0.6) is 5.75 Å². The third-order valence-electron chi connectivity index (χ3n) is 7.18. The third-order valence-corrected chi connectivity index (χ3v) is 7.18. The van der Waals surface area contributed by atoms with Crippen molar-refractivity contribution in [2.45, 2.75) is 58.5 Å². The number of carbonyl (C=O) groups is 3. The zero-order valence-corrected chi connectivity index (χ0v) is 22.1. The van der Waals surface area contributed by atoms with Gasteiger partial charge in [0.15, 0.2) is 0 Å². The molecule has 0 spiro atoms. The third kappa shape index (κ3) is 8.11. The molecule has 1 aromatic rings. The number of carbonyl (C=O) groups excluding carboxylic acids is 3. The number of nitrogens with zero attached hydrogens (tertiary/aromatic N) is 2. The molecule has 2 aliphatic heterocycles. The predicted octanol–water partition coefficient (Wildman–Crippen LogP) is 3.48. The molecule has 2 fully saturated rings. The fraction of sp³-hybridized carbons (Fsp3) is 0.667. The van der Waals surface area contributed by atoms with Crippen LogP contribution in [0, 0.1) is 17.8 Å². The van der Waals surface area contributed by atoms with E-state index >= 15 is 0 Å². The van der Waals surface area contributed by atoms with Crippen molar-refractivity contribution < 1.29 is 23.9 Å². The number of hydrogen-bond acceptors (Lipinski definition) is 6. The highest BCUT2D eigenvalue weighted by Crippen LogP contribution is 2.32. The van der Waals surface area contributed by atoms with Gasteiger partial charge in [0.1, 0.15) is 11.4 Å². The standard InChI is InChI=1S/C27H42N4O5/c1-27(2,3)36-24(32)17-20-12-16-31(26(34)29-22-7-5-6-8-23(22)35-4)18-21(20)11-15-30-13-9-19(10-14-30)25(28)33/h5-8,19-21H,9-18H2,1-4H3,(H2,28,33)(H,29,34)/t20-,21-/m0/s1. The van der Waals surface area contributed by atoms with Gasteiger partial charge in [0.05, 0.1) is 12.8 Å². The van der Waals surface area contributed by atoms with E-state index in [-0.39, 0.29) is 35.7 Å². The molecular weight excluding hydrogens is 460 g/mol. The van der Waals surface area contributed by atoms with Gasteiger partial charge in [-0.1, -0.05) is 12.1 Å². The predicted molar refractivity (Wildman–Crippen MR) is 139 cm³/mol. The molecule has 1 aromatic carbocycles. The summed E-state index contributed by atoms with van der Waals surface area (Å²) in [5, 5.41) is 2.98. The number of methoxy groups -OCH3 is 1. The van der Waals surface area contributed by atoms with Gasteiger partial charge in [-0.3, -0.25) is 9.59 Å². The normalized spacial score (nSPS) is 21.6. The van der Waals surface area contributed by atoms with Crippen LogP contribution in [0.1, 0.15) is 52.9 Å². The molecule has 9 nitrogen and oxygen atoms in total. The van der Waals surface area contributed by atoms with E-state index in [4.69, 9.17) is 15.2 Å². The maximum atomic E-state index is 13.1. The second-order valence-electron chi connectivity index (χ2n) is 11.0. The van der Waals surface area contributed by atoms with Crippen molar-refractivity contribution in [3.63, 3.8) is 0 Å². The topological polar surface area (TPSA) is 114 Å². The molecule has 3 N–H and O–H groups in total. The van der Waals surface area contributed by atoms with Crippen LogP contribution in [-0.2, 0) is 14.3 Å². The monoisotopic (exact) mass is 502 g/mol. The van der Waals surface area contributed by atoms with E-state index in [1.807, 2.05) is 49.9 Å². The second-order valence-corrected chi connectivity index (χ2v) is 11.0. The van der Waals surface area contributed by atoms with Crippen molar-refractivity contribution in [2.24, 2.45) is 23.5 Å². The Kier molecular flexibility index (Phi) is 9.59. The maximum absolute atomic E-state index is 13.1. The molecule has 0 bridgehead atoms. The number of para-hydroxylation sites is 2. The number of primary amides is 1. The molecule has 9 heteroatoms. The number of benzene rings is 1. The van der Waals surface area contributed by atoms with Gasteiger partial charge < -0.3 is 30.3 Å². The van der Waals surface area contributed by atoms with E-state index in [1.165, 1.54) is 0 Å². The Hall–Kier alpha value is -2.81. The number of likely N-dealkylation sites (tertiary alicyclic amines) is 2. The number of piperidine rings is 2. The summed E-state index contributed by atoms with van der Waals surface area (Å²) in [6.07, 6.45) is 3.54. The minimum Gasteiger partial charge on any atom is -0.495 e. The Labute approximate surface area is 214 Å². The highest BCUT2D eigenvalue weighted by Gasteiger charge is 2.34. The highest BCUT2D eigenvalue weighted by atomic mass is 16.6. The van der Waals surface area contributed by atoms with Gasteiger partial charge in [-0.25, -0.2) is 4.79 Å². The number of ether oxygens (including phenoxy) is 2. The molecule has 3 amide bonds. The van der Waals surface area contributed by atoms with Crippen molar-refractivity contribution in [2.75, 3.05) is 45.2 Å². The number of esters is 1. The SMILES string of the molecule is COc1ccccc1NC(=O)N1CC[C@@H](CC(=O)OC(C)(C)C)[C@@H](CCN2CCC(C(N)=O)CC2)C1. The van der Waals surface area contributed by atoms with Crippen LogP contribution in [0.4, 0.5) is 10.5 Å². The number of urea groups is 1. The molecule has 2 saturated heterocycles. The van der Waals surface area contributed by atoms with Crippen molar-refractivity contribution in [3.8, 4) is 5.75 Å². The zero-order chi connectivity index (χ0) is 26.3. The van der Waals surface area contributed by atoms with E-state index in [1.54, 1.807) is 7.11 Å². The Morgan fingerprint density at radius 1 is 1.06 bits per heavy atom.